The molecule has 1 aliphatic carbocycles. The molecule has 2 fully saturated rings. The highest BCUT2D eigenvalue weighted by atomic mass is 19.2. The maximum atomic E-state index is 13.3. The van der Waals surface area contributed by atoms with Crippen molar-refractivity contribution in [3.63, 3.8) is 0 Å². The van der Waals surface area contributed by atoms with Gasteiger partial charge in [0.15, 0.2) is 11.6 Å². The third-order valence-corrected chi connectivity index (χ3v) is 6.76. The Bertz CT molecular complexity index is 1010. The number of hydrogen-bond acceptors (Lipinski definition) is 8. The molecule has 1 aromatic heterocycles. The quantitative estimate of drug-likeness (QED) is 0.522. The molecule has 9 nitrogen and oxygen atoms in total. The van der Waals surface area contributed by atoms with Crippen LogP contribution in [0.15, 0.2) is 18.2 Å². The van der Waals surface area contributed by atoms with E-state index in [9.17, 15) is 13.6 Å². The minimum absolute atomic E-state index is 0.0703. The van der Waals surface area contributed by atoms with Gasteiger partial charge in [0.1, 0.15) is 0 Å². The van der Waals surface area contributed by atoms with Crippen molar-refractivity contribution >= 4 is 23.8 Å². The fraction of sp³-hybridized carbons (Fsp3) is 0.583. The minimum atomic E-state index is -0.904. The molecule has 0 atom stereocenters. The molecule has 3 N–H and O–H groups in total. The first-order chi connectivity index (χ1) is 16.9. The van der Waals surface area contributed by atoms with E-state index in [1.165, 1.54) is 6.07 Å². The van der Waals surface area contributed by atoms with Gasteiger partial charge < -0.3 is 25.8 Å². The molecular weight excluding hydrogens is 454 g/mol. The first kappa shape index (κ1) is 25.0. The molecule has 1 aromatic carbocycles. The number of piperazine rings is 1. The van der Waals surface area contributed by atoms with Crippen molar-refractivity contribution < 1.29 is 13.6 Å². The van der Waals surface area contributed by atoms with Crippen molar-refractivity contribution in [3.8, 4) is 0 Å². The van der Waals surface area contributed by atoms with E-state index in [1.54, 1.807) is 7.05 Å². The number of nitrogens with zero attached hydrogens (tertiary/aromatic N) is 5. The van der Waals surface area contributed by atoms with Gasteiger partial charge in [-0.3, -0.25) is 4.79 Å². The Morgan fingerprint density at radius 2 is 1.71 bits per heavy atom. The van der Waals surface area contributed by atoms with E-state index < -0.39 is 11.6 Å². The number of halogens is 2. The van der Waals surface area contributed by atoms with E-state index >= 15 is 0 Å². The zero-order valence-corrected chi connectivity index (χ0v) is 20.4. The van der Waals surface area contributed by atoms with Crippen LogP contribution in [0.5, 0.6) is 0 Å². The first-order valence-electron chi connectivity index (χ1n) is 12.2. The summed E-state index contributed by atoms with van der Waals surface area (Å²) in [4.78, 5) is 30.5. The third-order valence-electron chi connectivity index (χ3n) is 6.76. The molecule has 35 heavy (non-hydrogen) atoms. The Balaban J connectivity index is 1.24. The van der Waals surface area contributed by atoms with Crippen molar-refractivity contribution in [1.82, 2.24) is 25.2 Å². The predicted molar refractivity (Wildman–Crippen MR) is 131 cm³/mol. The number of likely N-dealkylation sites (N-methyl/N-ethyl adjacent to an activating group) is 1. The number of rotatable bonds is 8. The summed E-state index contributed by atoms with van der Waals surface area (Å²) >= 11 is 0. The zero-order chi connectivity index (χ0) is 24.8. The molecular formula is C24H34F2N8O. The van der Waals surface area contributed by atoms with Crippen LogP contribution in [-0.2, 0) is 11.3 Å². The van der Waals surface area contributed by atoms with Gasteiger partial charge in [0.05, 0.1) is 0 Å². The van der Waals surface area contributed by atoms with Gasteiger partial charge in [0, 0.05) is 52.2 Å². The first-order valence-corrected chi connectivity index (χ1v) is 12.2. The molecule has 2 aliphatic rings. The van der Waals surface area contributed by atoms with Crippen molar-refractivity contribution in [3.05, 3.63) is 35.4 Å². The summed E-state index contributed by atoms with van der Waals surface area (Å²) in [6, 6.07) is 3.91. The van der Waals surface area contributed by atoms with E-state index in [0.29, 0.717) is 35.7 Å². The second-order valence-corrected chi connectivity index (χ2v) is 9.41. The number of carbonyl (C=O) groups is 1. The van der Waals surface area contributed by atoms with Crippen LogP contribution >= 0.6 is 0 Å². The molecule has 0 unspecified atom stereocenters. The van der Waals surface area contributed by atoms with E-state index in [0.717, 1.165) is 64.0 Å². The van der Waals surface area contributed by atoms with Crippen LogP contribution in [-0.4, -0.2) is 72.1 Å². The summed E-state index contributed by atoms with van der Waals surface area (Å²) in [7, 11) is 3.92. The molecule has 0 radical (unpaired) electrons. The number of nitrogens with one attached hydrogen (secondary N) is 3. The molecule has 1 saturated carbocycles. The maximum Gasteiger partial charge on any atom is 0.232 e. The summed E-state index contributed by atoms with van der Waals surface area (Å²) in [5.74, 6) is 0.239. The Hall–Kier alpha value is -3.08. The van der Waals surface area contributed by atoms with Crippen LogP contribution in [0.25, 0.3) is 0 Å². The highest BCUT2D eigenvalue weighted by Crippen LogP contribution is 2.29. The summed E-state index contributed by atoms with van der Waals surface area (Å²) in [6.07, 6.45) is 4.12. The number of benzene rings is 1. The number of anilines is 3. The van der Waals surface area contributed by atoms with Crippen molar-refractivity contribution in [2.45, 2.75) is 44.7 Å². The van der Waals surface area contributed by atoms with Crippen molar-refractivity contribution in [2.24, 2.45) is 5.92 Å². The fourth-order valence-corrected chi connectivity index (χ4v) is 4.57. The van der Waals surface area contributed by atoms with Gasteiger partial charge in [-0.2, -0.15) is 15.0 Å². The fourth-order valence-electron chi connectivity index (χ4n) is 4.57. The average Bonchev–Trinajstić information content (AvgIpc) is 2.86. The maximum absolute atomic E-state index is 13.3. The van der Waals surface area contributed by atoms with Crippen LogP contribution in [0.2, 0.25) is 0 Å². The normalized spacial score (nSPS) is 21.0. The molecule has 0 spiro atoms. The number of hydrogen-bond donors (Lipinski definition) is 3. The molecule has 2 heterocycles. The Morgan fingerprint density at radius 1 is 1.00 bits per heavy atom. The van der Waals surface area contributed by atoms with Crippen LogP contribution in [0, 0.1) is 17.6 Å². The topological polar surface area (TPSA) is 98.3 Å². The monoisotopic (exact) mass is 488 g/mol. The number of aromatic nitrogens is 3. The lowest BCUT2D eigenvalue weighted by Crippen LogP contribution is -2.45. The standard InChI is InChI=1S/C24H34F2N8O/c1-27-22-30-23(32-24(31-22)34-11-9-33(2)10-12-34)29-18-6-3-16(4-7-18)14-21(35)28-15-17-5-8-19(25)20(26)13-17/h5,8,13,16,18H,3-4,6-7,9-12,14-15H2,1-2H3,(H,28,35)(H2,27,29,30,31,32). The van der Waals surface area contributed by atoms with Crippen molar-refractivity contribution in [2.75, 3.05) is 55.8 Å². The smallest absolute Gasteiger partial charge is 0.232 e. The van der Waals surface area contributed by atoms with Gasteiger partial charge in [0.25, 0.3) is 0 Å². The van der Waals surface area contributed by atoms with Crippen LogP contribution in [0.3, 0.4) is 0 Å². The van der Waals surface area contributed by atoms with Crippen molar-refractivity contribution in [1.29, 1.82) is 0 Å². The molecule has 190 valence electrons. The molecule has 1 amide bonds. The molecule has 0 bridgehead atoms. The molecule has 1 aliphatic heterocycles. The van der Waals surface area contributed by atoms with E-state index in [1.807, 2.05) is 0 Å². The second-order valence-electron chi connectivity index (χ2n) is 9.41. The lowest BCUT2D eigenvalue weighted by molar-refractivity contribution is -0.122. The van der Waals surface area contributed by atoms with Gasteiger partial charge in [-0.25, -0.2) is 8.78 Å². The van der Waals surface area contributed by atoms with E-state index in [-0.39, 0.29) is 18.5 Å². The highest BCUT2D eigenvalue weighted by molar-refractivity contribution is 5.76. The largest absolute Gasteiger partial charge is 0.357 e. The Labute approximate surface area is 204 Å². The zero-order valence-electron chi connectivity index (χ0n) is 20.4. The lowest BCUT2D eigenvalue weighted by Gasteiger charge is -2.33. The molecule has 4 rings (SSSR count). The highest BCUT2D eigenvalue weighted by Gasteiger charge is 2.25. The van der Waals surface area contributed by atoms with E-state index in [2.05, 4.69) is 47.7 Å². The number of carbonyl (C=O) groups excluding carboxylic acids is 1. The molecule has 2 aromatic rings. The Morgan fingerprint density at radius 3 is 2.40 bits per heavy atom. The third kappa shape index (κ3) is 6.97. The van der Waals surface area contributed by atoms with Crippen LogP contribution < -0.4 is 20.9 Å². The van der Waals surface area contributed by atoms with Crippen LogP contribution in [0.4, 0.5) is 26.6 Å². The summed E-state index contributed by atoms with van der Waals surface area (Å²) < 4.78 is 26.4. The second kappa shape index (κ2) is 11.6. The predicted octanol–water partition coefficient (Wildman–Crippen LogP) is 2.62. The number of amides is 1. The summed E-state index contributed by atoms with van der Waals surface area (Å²) in [5.41, 5.74) is 0.541. The average molecular weight is 489 g/mol. The lowest BCUT2D eigenvalue weighted by atomic mass is 9.84. The van der Waals surface area contributed by atoms with Gasteiger partial charge in [-0.15, -0.1) is 0 Å². The summed E-state index contributed by atoms with van der Waals surface area (Å²) in [6.45, 7) is 3.90. The van der Waals surface area contributed by atoms with E-state index in [4.69, 9.17) is 0 Å². The summed E-state index contributed by atoms with van der Waals surface area (Å²) in [5, 5.41) is 9.31. The minimum Gasteiger partial charge on any atom is -0.357 e. The van der Waals surface area contributed by atoms with Gasteiger partial charge in [-0.1, -0.05) is 6.07 Å². The molecule has 1 saturated heterocycles. The van der Waals surface area contributed by atoms with Crippen LogP contribution in [0.1, 0.15) is 37.7 Å². The molecule has 11 heteroatoms. The Kier molecular flexibility index (Phi) is 8.27. The van der Waals surface area contributed by atoms with Gasteiger partial charge in [0.2, 0.25) is 23.8 Å². The van der Waals surface area contributed by atoms with Gasteiger partial charge in [-0.05, 0) is 56.3 Å². The van der Waals surface area contributed by atoms with Gasteiger partial charge >= 0.3 is 0 Å². The SMILES string of the molecule is CNc1nc(NC2CCC(CC(=O)NCc3ccc(F)c(F)c3)CC2)nc(N2CCN(C)CC2)n1.